The van der Waals surface area contributed by atoms with Gasteiger partial charge in [0, 0.05) is 35.0 Å². The number of carbonyl (C=O) groups excluding carboxylic acids is 1. The van der Waals surface area contributed by atoms with Crippen molar-refractivity contribution in [1.82, 2.24) is 0 Å². The molecule has 2 saturated carbocycles. The molecule has 0 amide bonds. The van der Waals surface area contributed by atoms with Crippen LogP contribution in [0.2, 0.25) is 0 Å². The topological polar surface area (TPSA) is 94.8 Å². The quantitative estimate of drug-likeness (QED) is 0.324. The van der Waals surface area contributed by atoms with Crippen LogP contribution in [0, 0.1) is 17.3 Å². The van der Waals surface area contributed by atoms with Crippen LogP contribution in [0.15, 0.2) is 41.8 Å². The molecule has 1 aromatic rings. The maximum Gasteiger partial charge on any atom is 0.303 e. The number of aliphatic carboxylic acids is 1. The summed E-state index contributed by atoms with van der Waals surface area (Å²) in [7, 11) is 0. The summed E-state index contributed by atoms with van der Waals surface area (Å²) in [5.41, 5.74) is -0.0443. The number of unbranched alkanes of at least 4 members (excludes halogenated alkanes) is 1. The van der Waals surface area contributed by atoms with E-state index in [-0.39, 0.29) is 35.9 Å². The monoisotopic (exact) mass is 446 g/mol. The molecule has 3 rings (SSSR count). The Labute approximate surface area is 188 Å². The predicted molar refractivity (Wildman–Crippen MR) is 122 cm³/mol. The number of ketones is 1. The van der Waals surface area contributed by atoms with Crippen LogP contribution in [0.5, 0.6) is 0 Å². The summed E-state index contributed by atoms with van der Waals surface area (Å²) in [6.07, 6.45) is 13.5. The molecule has 2 aliphatic carbocycles. The van der Waals surface area contributed by atoms with Crippen LogP contribution in [0.25, 0.3) is 0 Å². The third-order valence-electron chi connectivity index (χ3n) is 6.93. The molecule has 0 bridgehead atoms. The van der Waals surface area contributed by atoms with E-state index in [0.717, 1.165) is 25.7 Å². The maximum absolute atomic E-state index is 12.3. The Balaban J connectivity index is 1.52. The van der Waals surface area contributed by atoms with Gasteiger partial charge < -0.3 is 15.3 Å². The average Bonchev–Trinajstić information content (AvgIpc) is 3.29. The Morgan fingerprint density at radius 3 is 2.74 bits per heavy atom. The molecule has 2 aliphatic rings. The molecule has 4 atom stereocenters. The highest BCUT2D eigenvalue weighted by Gasteiger charge is 2.43. The van der Waals surface area contributed by atoms with E-state index in [4.69, 9.17) is 5.11 Å². The summed E-state index contributed by atoms with van der Waals surface area (Å²) >= 11 is 1.74. The first kappa shape index (κ1) is 23.9. The van der Waals surface area contributed by atoms with Crippen molar-refractivity contribution in [3.8, 4) is 0 Å². The standard InChI is InChI=1S/C25H34O5S/c26-21-16-22(27)20(19(21)9-3-1-2-4-12-24(29)30)10-5-11-23(28)25(13-7-14-25)17-18-8-6-15-31-18/h1,3,5-6,8,10,15,19-20,22-23,27-28H,2,4,7,9,11-14,16-17H2,(H,29,30)/b3-1?,10-5+/t19-,20-,22-,23?/m1/s1. The van der Waals surface area contributed by atoms with Gasteiger partial charge in [-0.05, 0) is 56.4 Å². The Hall–Kier alpha value is -1.76. The van der Waals surface area contributed by atoms with Crippen LogP contribution >= 0.6 is 11.3 Å². The lowest BCUT2D eigenvalue weighted by atomic mass is 9.62. The highest BCUT2D eigenvalue weighted by molar-refractivity contribution is 7.09. The lowest BCUT2D eigenvalue weighted by Gasteiger charge is -2.45. The number of rotatable bonds is 12. The molecule has 3 N–H and O–H groups in total. The van der Waals surface area contributed by atoms with Gasteiger partial charge in [0.05, 0.1) is 12.2 Å². The van der Waals surface area contributed by atoms with Crippen LogP contribution < -0.4 is 0 Å². The van der Waals surface area contributed by atoms with Crippen LogP contribution in [0.1, 0.15) is 62.7 Å². The first-order chi connectivity index (χ1) is 14.9. The number of hydrogen-bond donors (Lipinski definition) is 3. The average molecular weight is 447 g/mol. The van der Waals surface area contributed by atoms with E-state index in [1.54, 1.807) is 11.3 Å². The molecule has 170 valence electrons. The normalized spacial score (nSPS) is 26.5. The molecule has 1 heterocycles. The minimum Gasteiger partial charge on any atom is -0.481 e. The zero-order chi connectivity index (χ0) is 22.3. The van der Waals surface area contributed by atoms with Gasteiger partial charge in [0.1, 0.15) is 5.78 Å². The first-order valence-corrected chi connectivity index (χ1v) is 12.2. The minimum atomic E-state index is -0.797. The largest absolute Gasteiger partial charge is 0.481 e. The summed E-state index contributed by atoms with van der Waals surface area (Å²) in [6.45, 7) is 0. The zero-order valence-corrected chi connectivity index (χ0v) is 18.8. The molecule has 5 nitrogen and oxygen atoms in total. The fourth-order valence-electron chi connectivity index (χ4n) is 4.89. The highest BCUT2D eigenvalue weighted by atomic mass is 32.1. The molecular weight excluding hydrogens is 412 g/mol. The number of aliphatic hydroxyl groups excluding tert-OH is 2. The van der Waals surface area contributed by atoms with Gasteiger partial charge in [-0.3, -0.25) is 9.59 Å². The number of hydrogen-bond acceptors (Lipinski definition) is 5. The summed E-state index contributed by atoms with van der Waals surface area (Å²) in [6, 6.07) is 4.19. The Morgan fingerprint density at radius 2 is 2.10 bits per heavy atom. The number of Topliss-reactive ketones (excluding diaryl/α,β-unsaturated/α-hetero) is 1. The molecule has 6 heteroatoms. The fourth-order valence-corrected chi connectivity index (χ4v) is 5.75. The van der Waals surface area contributed by atoms with E-state index < -0.39 is 18.2 Å². The van der Waals surface area contributed by atoms with E-state index in [0.29, 0.717) is 25.7 Å². The molecule has 31 heavy (non-hydrogen) atoms. The van der Waals surface area contributed by atoms with Crippen molar-refractivity contribution in [1.29, 1.82) is 0 Å². The number of carbonyl (C=O) groups is 2. The van der Waals surface area contributed by atoms with Crippen LogP contribution in [-0.4, -0.2) is 39.3 Å². The van der Waals surface area contributed by atoms with Gasteiger partial charge in [0.25, 0.3) is 0 Å². The van der Waals surface area contributed by atoms with Crippen molar-refractivity contribution in [3.63, 3.8) is 0 Å². The number of carboxylic acids is 1. The van der Waals surface area contributed by atoms with Gasteiger partial charge in [-0.2, -0.15) is 0 Å². The zero-order valence-electron chi connectivity index (χ0n) is 18.0. The van der Waals surface area contributed by atoms with E-state index in [9.17, 15) is 19.8 Å². The fraction of sp³-hybridized carbons (Fsp3) is 0.600. The third-order valence-corrected chi connectivity index (χ3v) is 7.81. The molecule has 0 aromatic carbocycles. The molecule has 0 saturated heterocycles. The second kappa shape index (κ2) is 11.2. The van der Waals surface area contributed by atoms with E-state index in [2.05, 4.69) is 17.5 Å². The molecule has 2 fully saturated rings. The molecule has 0 aliphatic heterocycles. The summed E-state index contributed by atoms with van der Waals surface area (Å²) in [5, 5.41) is 32.0. The minimum absolute atomic E-state index is 0.0443. The third kappa shape index (κ3) is 6.37. The van der Waals surface area contributed by atoms with Crippen LogP contribution in [0.3, 0.4) is 0 Å². The molecule has 0 radical (unpaired) electrons. The Morgan fingerprint density at radius 1 is 1.29 bits per heavy atom. The van der Waals surface area contributed by atoms with Gasteiger partial charge in [-0.15, -0.1) is 11.3 Å². The van der Waals surface area contributed by atoms with Crippen molar-refractivity contribution in [2.24, 2.45) is 17.3 Å². The molecule has 0 spiro atoms. The van der Waals surface area contributed by atoms with E-state index >= 15 is 0 Å². The van der Waals surface area contributed by atoms with Crippen molar-refractivity contribution >= 4 is 23.1 Å². The van der Waals surface area contributed by atoms with Crippen LogP contribution in [0.4, 0.5) is 0 Å². The second-order valence-corrected chi connectivity index (χ2v) is 10.1. The van der Waals surface area contributed by atoms with E-state index in [1.165, 1.54) is 4.88 Å². The maximum atomic E-state index is 12.3. The van der Waals surface area contributed by atoms with Crippen molar-refractivity contribution in [2.75, 3.05) is 0 Å². The summed E-state index contributed by atoms with van der Waals surface area (Å²) in [5.74, 6) is -1.19. The van der Waals surface area contributed by atoms with Gasteiger partial charge in [0.2, 0.25) is 0 Å². The van der Waals surface area contributed by atoms with Gasteiger partial charge in [-0.25, -0.2) is 0 Å². The van der Waals surface area contributed by atoms with Crippen LogP contribution in [-0.2, 0) is 16.0 Å². The van der Waals surface area contributed by atoms with Crippen molar-refractivity contribution < 1.29 is 24.9 Å². The number of allylic oxidation sites excluding steroid dienone is 2. The molecule has 1 aromatic heterocycles. The van der Waals surface area contributed by atoms with Gasteiger partial charge in [0.15, 0.2) is 0 Å². The second-order valence-electron chi connectivity index (χ2n) is 9.07. The lowest BCUT2D eigenvalue weighted by molar-refractivity contribution is -0.137. The molecule has 1 unspecified atom stereocenters. The predicted octanol–water partition coefficient (Wildman–Crippen LogP) is 4.54. The summed E-state index contributed by atoms with van der Waals surface area (Å²) in [4.78, 5) is 24.2. The highest BCUT2D eigenvalue weighted by Crippen LogP contribution is 2.48. The van der Waals surface area contributed by atoms with Crippen molar-refractivity contribution in [2.45, 2.75) is 76.4 Å². The van der Waals surface area contributed by atoms with E-state index in [1.807, 2.05) is 24.3 Å². The SMILES string of the molecule is O=C(O)CCCC=CC[C@H]1C(=O)C[C@@H](O)[C@@H]1/C=C/CC(O)C1(Cc2cccs2)CCC1. The lowest BCUT2D eigenvalue weighted by Crippen LogP contribution is -2.42. The van der Waals surface area contributed by atoms with Crippen molar-refractivity contribution in [3.05, 3.63) is 46.7 Å². The Kier molecular flexibility index (Phi) is 8.64. The number of aliphatic hydroxyl groups is 2. The summed E-state index contributed by atoms with van der Waals surface area (Å²) < 4.78 is 0. The van der Waals surface area contributed by atoms with Gasteiger partial charge >= 0.3 is 5.97 Å². The number of thiophene rings is 1. The first-order valence-electron chi connectivity index (χ1n) is 11.4. The number of carboxylic acid groups (broad SMARTS) is 1. The Bertz CT molecular complexity index is 778. The molecular formula is C25H34O5S. The van der Waals surface area contributed by atoms with Gasteiger partial charge in [-0.1, -0.05) is 36.8 Å². The smallest absolute Gasteiger partial charge is 0.303 e.